The molecule has 0 fully saturated rings. The van der Waals surface area contributed by atoms with Gasteiger partial charge in [0.15, 0.2) is 0 Å². The fourth-order valence-electron chi connectivity index (χ4n) is 1.68. The summed E-state index contributed by atoms with van der Waals surface area (Å²) in [4.78, 5) is 7.46. The second kappa shape index (κ2) is 6.31. The number of nitrogens with two attached hydrogens (primary N) is 1. The SMILES string of the molecule is CN(CCSc1ccccc1)c1ccncc1N. The number of nitrogens with zero attached hydrogens (tertiary/aromatic N) is 2. The van der Waals surface area contributed by atoms with Crippen molar-refractivity contribution in [2.75, 3.05) is 30.0 Å². The molecule has 2 N–H and O–H groups in total. The second-order valence-corrected chi connectivity index (χ2v) is 5.19. The van der Waals surface area contributed by atoms with Crippen LogP contribution in [0.25, 0.3) is 0 Å². The van der Waals surface area contributed by atoms with Gasteiger partial charge in [0.1, 0.15) is 0 Å². The molecule has 18 heavy (non-hydrogen) atoms. The normalized spacial score (nSPS) is 10.3. The van der Waals surface area contributed by atoms with E-state index in [1.54, 1.807) is 12.4 Å². The monoisotopic (exact) mass is 259 g/mol. The van der Waals surface area contributed by atoms with Crippen molar-refractivity contribution in [1.29, 1.82) is 0 Å². The number of hydrogen-bond donors (Lipinski definition) is 1. The molecule has 0 aliphatic heterocycles. The molecule has 2 rings (SSSR count). The smallest absolute Gasteiger partial charge is 0.0738 e. The Morgan fingerprint density at radius 1 is 1.22 bits per heavy atom. The zero-order valence-corrected chi connectivity index (χ0v) is 11.2. The Morgan fingerprint density at radius 3 is 2.72 bits per heavy atom. The van der Waals surface area contributed by atoms with E-state index in [0.29, 0.717) is 0 Å². The third-order valence-electron chi connectivity index (χ3n) is 2.68. The third kappa shape index (κ3) is 3.40. The van der Waals surface area contributed by atoms with Gasteiger partial charge in [-0.05, 0) is 18.2 Å². The number of anilines is 2. The molecule has 2 aromatic rings. The van der Waals surface area contributed by atoms with E-state index in [9.17, 15) is 0 Å². The Hall–Kier alpha value is -1.68. The maximum Gasteiger partial charge on any atom is 0.0738 e. The topological polar surface area (TPSA) is 42.2 Å². The second-order valence-electron chi connectivity index (χ2n) is 4.02. The Bertz CT molecular complexity index is 487. The molecule has 0 bridgehead atoms. The average Bonchev–Trinajstić information content (AvgIpc) is 2.40. The van der Waals surface area contributed by atoms with Gasteiger partial charge < -0.3 is 10.6 Å². The highest BCUT2D eigenvalue weighted by Gasteiger charge is 2.04. The summed E-state index contributed by atoms with van der Waals surface area (Å²) < 4.78 is 0. The Balaban J connectivity index is 1.86. The predicted octanol–water partition coefficient (Wildman–Crippen LogP) is 2.89. The third-order valence-corrected chi connectivity index (χ3v) is 3.67. The van der Waals surface area contributed by atoms with Crippen LogP contribution in [0.4, 0.5) is 11.4 Å². The van der Waals surface area contributed by atoms with Crippen LogP contribution in [0.2, 0.25) is 0 Å². The molecular weight excluding hydrogens is 242 g/mol. The molecule has 1 heterocycles. The number of aromatic nitrogens is 1. The zero-order chi connectivity index (χ0) is 12.8. The van der Waals surface area contributed by atoms with Crippen LogP contribution in [0.15, 0.2) is 53.7 Å². The quantitative estimate of drug-likeness (QED) is 0.838. The summed E-state index contributed by atoms with van der Waals surface area (Å²) in [7, 11) is 2.05. The van der Waals surface area contributed by atoms with Gasteiger partial charge in [-0.25, -0.2) is 0 Å². The van der Waals surface area contributed by atoms with Crippen molar-refractivity contribution >= 4 is 23.1 Å². The van der Waals surface area contributed by atoms with Crippen LogP contribution < -0.4 is 10.6 Å². The van der Waals surface area contributed by atoms with Gasteiger partial charge in [0.2, 0.25) is 0 Å². The highest BCUT2D eigenvalue weighted by molar-refractivity contribution is 7.99. The predicted molar refractivity (Wildman–Crippen MR) is 79.1 cm³/mol. The molecule has 0 atom stereocenters. The van der Waals surface area contributed by atoms with Crippen molar-refractivity contribution < 1.29 is 0 Å². The lowest BCUT2D eigenvalue weighted by molar-refractivity contribution is 0.976. The number of pyridine rings is 1. The van der Waals surface area contributed by atoms with Crippen molar-refractivity contribution in [3.8, 4) is 0 Å². The van der Waals surface area contributed by atoms with E-state index in [1.165, 1.54) is 4.90 Å². The Kier molecular flexibility index (Phi) is 4.47. The highest BCUT2D eigenvalue weighted by Crippen LogP contribution is 2.22. The first kappa shape index (κ1) is 12.8. The van der Waals surface area contributed by atoms with Crippen LogP contribution in [0.1, 0.15) is 0 Å². The summed E-state index contributed by atoms with van der Waals surface area (Å²) in [5, 5.41) is 0. The summed E-state index contributed by atoms with van der Waals surface area (Å²) >= 11 is 1.85. The van der Waals surface area contributed by atoms with Crippen LogP contribution in [0, 0.1) is 0 Å². The number of thioether (sulfide) groups is 1. The zero-order valence-electron chi connectivity index (χ0n) is 10.4. The lowest BCUT2D eigenvalue weighted by atomic mass is 10.3. The molecule has 0 aliphatic carbocycles. The molecule has 0 radical (unpaired) electrons. The molecule has 1 aromatic heterocycles. The summed E-state index contributed by atoms with van der Waals surface area (Å²) in [6.45, 7) is 0.952. The molecule has 3 nitrogen and oxygen atoms in total. The van der Waals surface area contributed by atoms with Gasteiger partial charge in [-0.2, -0.15) is 0 Å². The average molecular weight is 259 g/mol. The first-order valence-corrected chi connectivity index (χ1v) is 6.84. The largest absolute Gasteiger partial charge is 0.396 e. The fourth-order valence-corrected chi connectivity index (χ4v) is 2.63. The Labute approximate surface area is 112 Å². The fraction of sp³-hybridized carbons (Fsp3) is 0.214. The van der Waals surface area contributed by atoms with Crippen LogP contribution in [0.5, 0.6) is 0 Å². The highest BCUT2D eigenvalue weighted by atomic mass is 32.2. The molecular formula is C14H17N3S. The van der Waals surface area contributed by atoms with Crippen molar-refractivity contribution in [3.63, 3.8) is 0 Å². The minimum absolute atomic E-state index is 0.727. The summed E-state index contributed by atoms with van der Waals surface area (Å²) in [5.74, 6) is 1.03. The summed E-state index contributed by atoms with van der Waals surface area (Å²) in [5.41, 5.74) is 7.66. The van der Waals surface area contributed by atoms with E-state index in [-0.39, 0.29) is 0 Å². The number of rotatable bonds is 5. The molecule has 0 amide bonds. The van der Waals surface area contributed by atoms with Gasteiger partial charge in [-0.3, -0.25) is 4.98 Å². The Morgan fingerprint density at radius 2 is 2.00 bits per heavy atom. The molecule has 1 aromatic carbocycles. The molecule has 0 saturated carbocycles. The van der Waals surface area contributed by atoms with Gasteiger partial charge in [-0.15, -0.1) is 11.8 Å². The molecule has 0 aliphatic rings. The molecule has 0 unspecified atom stereocenters. The van der Waals surface area contributed by atoms with E-state index in [1.807, 2.05) is 23.9 Å². The number of hydrogen-bond acceptors (Lipinski definition) is 4. The van der Waals surface area contributed by atoms with E-state index in [0.717, 1.165) is 23.7 Å². The lowest BCUT2D eigenvalue weighted by Gasteiger charge is -2.20. The minimum atomic E-state index is 0.727. The van der Waals surface area contributed by atoms with Gasteiger partial charge >= 0.3 is 0 Å². The summed E-state index contributed by atoms with van der Waals surface area (Å²) in [6, 6.07) is 12.4. The van der Waals surface area contributed by atoms with Crippen molar-refractivity contribution in [1.82, 2.24) is 4.98 Å². The lowest BCUT2D eigenvalue weighted by Crippen LogP contribution is -2.21. The standard InChI is InChI=1S/C14H17N3S/c1-17(14-7-8-16-11-13(14)15)9-10-18-12-5-3-2-4-6-12/h2-8,11H,9-10,15H2,1H3. The van der Waals surface area contributed by atoms with Crippen LogP contribution in [0.3, 0.4) is 0 Å². The van der Waals surface area contributed by atoms with Gasteiger partial charge in [0, 0.05) is 30.4 Å². The maximum atomic E-state index is 5.89. The van der Waals surface area contributed by atoms with Crippen LogP contribution in [-0.2, 0) is 0 Å². The van der Waals surface area contributed by atoms with Crippen LogP contribution in [-0.4, -0.2) is 24.3 Å². The molecule has 0 spiro atoms. The first-order chi connectivity index (χ1) is 8.77. The van der Waals surface area contributed by atoms with Crippen LogP contribution >= 0.6 is 11.8 Å². The van der Waals surface area contributed by atoms with Crippen molar-refractivity contribution in [2.45, 2.75) is 4.90 Å². The first-order valence-electron chi connectivity index (χ1n) is 5.86. The summed E-state index contributed by atoms with van der Waals surface area (Å²) in [6.07, 6.45) is 3.46. The van der Waals surface area contributed by atoms with Gasteiger partial charge in [-0.1, -0.05) is 18.2 Å². The van der Waals surface area contributed by atoms with Crippen molar-refractivity contribution in [2.24, 2.45) is 0 Å². The van der Waals surface area contributed by atoms with Gasteiger partial charge in [0.25, 0.3) is 0 Å². The van der Waals surface area contributed by atoms with E-state index >= 15 is 0 Å². The van der Waals surface area contributed by atoms with E-state index in [2.05, 4.69) is 41.2 Å². The molecule has 0 saturated heterocycles. The maximum absolute atomic E-state index is 5.89. The van der Waals surface area contributed by atoms with E-state index < -0.39 is 0 Å². The minimum Gasteiger partial charge on any atom is -0.396 e. The molecule has 4 heteroatoms. The number of nitrogen functional groups attached to an aromatic ring is 1. The van der Waals surface area contributed by atoms with E-state index in [4.69, 9.17) is 5.73 Å². The number of benzene rings is 1. The molecule has 94 valence electrons. The van der Waals surface area contributed by atoms with Crippen molar-refractivity contribution in [3.05, 3.63) is 48.8 Å². The van der Waals surface area contributed by atoms with Gasteiger partial charge in [0.05, 0.1) is 17.6 Å².